The van der Waals surface area contributed by atoms with E-state index in [9.17, 15) is 14.4 Å². The van der Waals surface area contributed by atoms with Crippen LogP contribution in [-0.4, -0.2) is 63.8 Å². The molecule has 278 valence electrons. The van der Waals surface area contributed by atoms with Gasteiger partial charge >= 0.3 is 5.97 Å². The van der Waals surface area contributed by atoms with Crippen molar-refractivity contribution in [1.29, 1.82) is 0 Å². The summed E-state index contributed by atoms with van der Waals surface area (Å²) in [6.07, 6.45) is 7.44. The molecule has 2 fully saturated rings. The highest BCUT2D eigenvalue weighted by molar-refractivity contribution is 6.06. The third kappa shape index (κ3) is 7.34. The molecule has 3 aliphatic rings. The average Bonchev–Trinajstić information content (AvgIpc) is 3.74. The number of carbonyl (C=O) groups excluding carboxylic acids is 2. The van der Waals surface area contributed by atoms with Gasteiger partial charge in [-0.05, 0) is 105 Å². The van der Waals surface area contributed by atoms with Gasteiger partial charge in [0.1, 0.15) is 17.5 Å². The van der Waals surface area contributed by atoms with Gasteiger partial charge in [0.2, 0.25) is 5.91 Å². The lowest BCUT2D eigenvalue weighted by Gasteiger charge is -2.32. The molecule has 10 heteroatoms. The van der Waals surface area contributed by atoms with E-state index in [1.807, 2.05) is 24.3 Å². The minimum atomic E-state index is -1.08. The van der Waals surface area contributed by atoms with E-state index in [0.29, 0.717) is 48.7 Å². The molecule has 3 aromatic carbocycles. The van der Waals surface area contributed by atoms with Gasteiger partial charge in [0.05, 0.1) is 12.8 Å². The van der Waals surface area contributed by atoms with E-state index in [4.69, 9.17) is 9.84 Å². The molecule has 4 aromatic rings. The van der Waals surface area contributed by atoms with E-state index in [-0.39, 0.29) is 17.7 Å². The fourth-order valence-electron chi connectivity index (χ4n) is 8.62. The molecule has 53 heavy (non-hydrogen) atoms. The van der Waals surface area contributed by atoms with Gasteiger partial charge in [-0.1, -0.05) is 43.9 Å². The number of aromatic nitrogens is 1. The van der Waals surface area contributed by atoms with Gasteiger partial charge in [-0.15, -0.1) is 0 Å². The summed E-state index contributed by atoms with van der Waals surface area (Å²) in [5.41, 5.74) is 5.79. The highest BCUT2D eigenvalue weighted by Crippen LogP contribution is 2.47. The van der Waals surface area contributed by atoms with Crippen LogP contribution in [0.25, 0.3) is 28.2 Å². The number of amides is 2. The molecular formula is C43H49FN4O5. The van der Waals surface area contributed by atoms with E-state index < -0.39 is 17.7 Å². The molecule has 2 amide bonds. The lowest BCUT2D eigenvalue weighted by molar-refractivity contribution is -0.131. The molecule has 0 radical (unpaired) electrons. The largest absolute Gasteiger partial charge is 0.497 e. The van der Waals surface area contributed by atoms with Gasteiger partial charge in [-0.25, -0.2) is 9.18 Å². The summed E-state index contributed by atoms with van der Waals surface area (Å²) in [6, 6.07) is 19.1. The minimum absolute atomic E-state index is 0.245. The van der Waals surface area contributed by atoms with Gasteiger partial charge < -0.3 is 25.0 Å². The summed E-state index contributed by atoms with van der Waals surface area (Å²) in [4.78, 5) is 41.4. The van der Waals surface area contributed by atoms with Crippen LogP contribution < -0.4 is 15.4 Å². The number of aliphatic carboxylic acids is 1. The zero-order valence-corrected chi connectivity index (χ0v) is 30.8. The normalized spacial score (nSPS) is 20.1. The molecule has 2 atom stereocenters. The number of ether oxygens (including phenoxy) is 1. The van der Waals surface area contributed by atoms with Crippen LogP contribution in [0, 0.1) is 0 Å². The van der Waals surface area contributed by atoms with E-state index in [1.165, 1.54) is 6.08 Å². The van der Waals surface area contributed by atoms with Crippen molar-refractivity contribution in [2.45, 2.75) is 102 Å². The number of fused-ring (bicyclic) bond motifs is 5. The monoisotopic (exact) mass is 720 g/mol. The molecule has 0 saturated heterocycles. The van der Waals surface area contributed by atoms with Crippen molar-refractivity contribution in [3.05, 3.63) is 89.0 Å². The average molecular weight is 721 g/mol. The highest BCUT2D eigenvalue weighted by atomic mass is 19.1. The lowest BCUT2D eigenvalue weighted by atomic mass is 9.80. The van der Waals surface area contributed by atoms with Crippen LogP contribution in [-0.2, 0) is 22.7 Å². The Morgan fingerprint density at radius 2 is 1.72 bits per heavy atom. The summed E-state index contributed by atoms with van der Waals surface area (Å²) >= 11 is 0. The van der Waals surface area contributed by atoms with Crippen LogP contribution >= 0.6 is 0 Å². The molecular weight excluding hydrogens is 671 g/mol. The Labute approximate surface area is 310 Å². The Hall–Kier alpha value is -4.96. The molecule has 0 bridgehead atoms. The van der Waals surface area contributed by atoms with Crippen LogP contribution in [0.15, 0.2) is 66.7 Å². The number of hydrogen-bond acceptors (Lipinski definition) is 5. The second-order valence-electron chi connectivity index (χ2n) is 15.1. The number of rotatable bonds is 9. The van der Waals surface area contributed by atoms with Crippen molar-refractivity contribution in [2.24, 2.45) is 0 Å². The van der Waals surface area contributed by atoms with Crippen molar-refractivity contribution in [2.75, 3.05) is 19.0 Å². The van der Waals surface area contributed by atoms with Crippen LogP contribution in [0.4, 0.5) is 10.1 Å². The Kier molecular flexibility index (Phi) is 10.4. The fraction of sp³-hybridized carbons (Fsp3) is 0.419. The maximum Gasteiger partial charge on any atom is 0.328 e. The Morgan fingerprint density at radius 1 is 0.962 bits per heavy atom. The van der Waals surface area contributed by atoms with Crippen LogP contribution in [0.2, 0.25) is 0 Å². The first kappa shape index (κ1) is 36.4. The fourth-order valence-corrected chi connectivity index (χ4v) is 8.62. The van der Waals surface area contributed by atoms with Crippen molar-refractivity contribution in [1.82, 2.24) is 14.8 Å². The minimum Gasteiger partial charge on any atom is -0.497 e. The van der Waals surface area contributed by atoms with Crippen LogP contribution in [0.1, 0.15) is 98.2 Å². The van der Waals surface area contributed by atoms with Crippen LogP contribution in [0.3, 0.4) is 0 Å². The molecule has 9 nitrogen and oxygen atoms in total. The molecule has 3 N–H and O–H groups in total. The van der Waals surface area contributed by atoms with Gasteiger partial charge in [0.15, 0.2) is 0 Å². The number of hydrogen-bond donors (Lipinski definition) is 3. The van der Waals surface area contributed by atoms with E-state index >= 15 is 4.39 Å². The molecule has 2 aliphatic carbocycles. The molecule has 1 aromatic heterocycles. The SMILES string of the molecule is COc1ccc2c(c1)CN(C(C)C)CCn1c-2c([C@@H]2CCCC[C@H]2F)c2ccc(C(=O)NC3(C(=O)Nc4ccc(C=CC(=O)O)cc4)CCCC3)cc21. The summed E-state index contributed by atoms with van der Waals surface area (Å²) in [5.74, 6) is -1.10. The first-order chi connectivity index (χ1) is 25.6. The summed E-state index contributed by atoms with van der Waals surface area (Å²) in [6.45, 7) is 6.61. The Balaban J connectivity index is 1.26. The maximum atomic E-state index is 16.0. The number of nitrogens with one attached hydrogen (secondary N) is 2. The quantitative estimate of drug-likeness (QED) is 0.150. The number of methoxy groups -OCH3 is 1. The number of alkyl halides is 1. The van der Waals surface area contributed by atoms with Crippen molar-refractivity contribution < 1.29 is 28.6 Å². The summed E-state index contributed by atoms with van der Waals surface area (Å²) < 4.78 is 23.9. The number of carbonyl (C=O) groups is 3. The van der Waals surface area contributed by atoms with E-state index in [2.05, 4.69) is 46.1 Å². The highest BCUT2D eigenvalue weighted by Gasteiger charge is 2.43. The summed E-state index contributed by atoms with van der Waals surface area (Å²) in [5, 5.41) is 16.0. The topological polar surface area (TPSA) is 113 Å². The standard InChI is InChI=1S/C43H49FN4O5/c1-27(2)47-22-23-48-37-25-29(41(51)46-43(20-6-7-21-43)42(52)45-31-14-10-28(11-15-31)12-19-38(49)50)13-17-35(37)39(34-8-4-5-9-36(34)44)40(48)33-18-16-32(53-3)24-30(33)26-47/h10-19,24-25,27,34,36H,4-9,20-23,26H2,1-3H3,(H,45,52)(H,46,51)(H,49,50)/t34-,36-/m1/s1. The molecule has 0 unspecified atom stereocenters. The van der Waals surface area contributed by atoms with Gasteiger partial charge in [0, 0.05) is 65.4 Å². The number of carboxylic acids is 1. The molecule has 2 saturated carbocycles. The van der Waals surface area contributed by atoms with Gasteiger partial charge in [-0.2, -0.15) is 0 Å². The third-order valence-electron chi connectivity index (χ3n) is 11.5. The number of carboxylic acid groups (broad SMARTS) is 1. The van der Waals surface area contributed by atoms with E-state index in [0.717, 1.165) is 90.3 Å². The van der Waals surface area contributed by atoms with E-state index in [1.54, 1.807) is 31.4 Å². The maximum absolute atomic E-state index is 16.0. The molecule has 7 rings (SSSR count). The number of anilines is 1. The number of nitrogens with zero attached hydrogens (tertiary/aromatic N) is 2. The first-order valence-electron chi connectivity index (χ1n) is 18.9. The second-order valence-corrected chi connectivity index (χ2v) is 15.1. The van der Waals surface area contributed by atoms with Gasteiger partial charge in [0.25, 0.3) is 5.91 Å². The molecule has 0 spiro atoms. The number of benzene rings is 3. The summed E-state index contributed by atoms with van der Waals surface area (Å²) in [7, 11) is 1.68. The molecule has 2 heterocycles. The number of halogens is 1. The third-order valence-corrected chi connectivity index (χ3v) is 11.5. The predicted octanol–water partition coefficient (Wildman–Crippen LogP) is 8.32. The lowest BCUT2D eigenvalue weighted by Crippen LogP contribution is -2.55. The smallest absolute Gasteiger partial charge is 0.328 e. The van der Waals surface area contributed by atoms with Gasteiger partial charge in [-0.3, -0.25) is 14.5 Å². The first-order valence-corrected chi connectivity index (χ1v) is 18.9. The van der Waals surface area contributed by atoms with Crippen molar-refractivity contribution in [3.8, 4) is 17.0 Å². The zero-order valence-electron chi connectivity index (χ0n) is 30.8. The van der Waals surface area contributed by atoms with Crippen molar-refractivity contribution >= 4 is 40.4 Å². The second kappa shape index (κ2) is 15.2. The Bertz CT molecular complexity index is 2050. The van der Waals surface area contributed by atoms with Crippen LogP contribution in [0.5, 0.6) is 5.75 Å². The predicted molar refractivity (Wildman–Crippen MR) is 206 cm³/mol. The van der Waals surface area contributed by atoms with Crippen molar-refractivity contribution in [3.63, 3.8) is 0 Å². The Morgan fingerprint density at radius 3 is 2.42 bits per heavy atom. The molecule has 1 aliphatic heterocycles. The zero-order chi connectivity index (χ0) is 37.3.